The summed E-state index contributed by atoms with van der Waals surface area (Å²) in [5.41, 5.74) is -0.618. The maximum absolute atomic E-state index is 12.4. The van der Waals surface area contributed by atoms with Crippen molar-refractivity contribution in [2.45, 2.75) is 12.8 Å². The summed E-state index contributed by atoms with van der Waals surface area (Å²) in [5, 5.41) is 19.9. The topological polar surface area (TPSA) is 114 Å². The maximum Gasteiger partial charge on any atom is 0.308 e. The molecule has 1 aromatic rings. The first-order valence-electron chi connectivity index (χ1n) is 6.22. The van der Waals surface area contributed by atoms with E-state index in [0.29, 0.717) is 19.4 Å². The minimum absolute atomic E-state index is 0.0317. The molecule has 1 unspecified atom stereocenters. The van der Waals surface area contributed by atoms with E-state index in [-0.39, 0.29) is 17.3 Å². The quantitative estimate of drug-likeness (QED) is 0.515. The zero-order valence-electron chi connectivity index (χ0n) is 10.9. The Hall–Kier alpha value is -2.22. The molecule has 1 aromatic heterocycles. The van der Waals surface area contributed by atoms with Crippen LogP contribution in [0.4, 0.5) is 5.69 Å². The Labute approximate surface area is 124 Å². The van der Waals surface area contributed by atoms with E-state index in [1.165, 1.54) is 4.90 Å². The second kappa shape index (κ2) is 6.04. The fourth-order valence-corrected chi connectivity index (χ4v) is 2.43. The van der Waals surface area contributed by atoms with Gasteiger partial charge >= 0.3 is 5.97 Å². The van der Waals surface area contributed by atoms with Gasteiger partial charge in [-0.1, -0.05) is 11.6 Å². The number of carboxylic acids is 1. The van der Waals surface area contributed by atoms with E-state index in [1.54, 1.807) is 0 Å². The first kappa shape index (κ1) is 15.2. The maximum atomic E-state index is 12.4. The van der Waals surface area contributed by atoms with Gasteiger partial charge in [-0.3, -0.25) is 19.7 Å². The summed E-state index contributed by atoms with van der Waals surface area (Å²) < 4.78 is 0. The SMILES string of the molecule is O=C(O)C1CCCN(C(=O)c2cc(Cl)ncc2[N+](=O)[O-])C1. The summed E-state index contributed by atoms with van der Waals surface area (Å²) in [7, 11) is 0. The highest BCUT2D eigenvalue weighted by molar-refractivity contribution is 6.29. The van der Waals surface area contributed by atoms with Crippen LogP contribution in [0.2, 0.25) is 5.15 Å². The van der Waals surface area contributed by atoms with Crippen molar-refractivity contribution in [3.05, 3.63) is 33.1 Å². The van der Waals surface area contributed by atoms with Crippen LogP contribution in [0, 0.1) is 16.0 Å². The van der Waals surface area contributed by atoms with E-state index >= 15 is 0 Å². The molecule has 1 amide bonds. The van der Waals surface area contributed by atoms with E-state index < -0.39 is 28.4 Å². The molecule has 1 saturated heterocycles. The summed E-state index contributed by atoms with van der Waals surface area (Å²) >= 11 is 5.69. The van der Waals surface area contributed by atoms with Crippen molar-refractivity contribution in [1.82, 2.24) is 9.88 Å². The second-order valence-electron chi connectivity index (χ2n) is 4.71. The number of amides is 1. The number of likely N-dealkylation sites (tertiary alicyclic amines) is 1. The van der Waals surface area contributed by atoms with Crippen LogP contribution in [0.25, 0.3) is 0 Å². The number of aromatic nitrogens is 1. The molecule has 0 spiro atoms. The van der Waals surface area contributed by atoms with Crippen LogP contribution in [0.15, 0.2) is 12.3 Å². The Morgan fingerprint density at radius 3 is 2.86 bits per heavy atom. The van der Waals surface area contributed by atoms with Crippen molar-refractivity contribution in [3.8, 4) is 0 Å². The standard InChI is InChI=1S/C12H12ClN3O5/c13-10-4-8(9(5-14-10)16(20)21)11(17)15-3-1-2-7(6-15)12(18)19/h4-5,7H,1-3,6H2,(H,18,19). The number of halogens is 1. The third-order valence-corrected chi connectivity index (χ3v) is 3.54. The first-order chi connectivity index (χ1) is 9.90. The number of nitro groups is 1. The van der Waals surface area contributed by atoms with Crippen molar-refractivity contribution in [1.29, 1.82) is 0 Å². The summed E-state index contributed by atoms with van der Waals surface area (Å²) in [5.74, 6) is -2.23. The second-order valence-corrected chi connectivity index (χ2v) is 5.10. The lowest BCUT2D eigenvalue weighted by atomic mass is 9.97. The summed E-state index contributed by atoms with van der Waals surface area (Å²) in [6, 6.07) is 1.13. The minimum Gasteiger partial charge on any atom is -0.481 e. The van der Waals surface area contributed by atoms with Crippen LogP contribution >= 0.6 is 11.6 Å². The average Bonchev–Trinajstić information content (AvgIpc) is 2.46. The van der Waals surface area contributed by atoms with Gasteiger partial charge in [0.15, 0.2) is 0 Å². The molecule has 112 valence electrons. The summed E-state index contributed by atoms with van der Waals surface area (Å²) in [4.78, 5) is 38.5. The lowest BCUT2D eigenvalue weighted by molar-refractivity contribution is -0.385. The largest absolute Gasteiger partial charge is 0.481 e. The molecule has 2 rings (SSSR count). The van der Waals surface area contributed by atoms with Crippen LogP contribution in [-0.2, 0) is 4.79 Å². The molecular weight excluding hydrogens is 302 g/mol. The molecule has 1 aliphatic heterocycles. The van der Waals surface area contributed by atoms with Gasteiger partial charge < -0.3 is 10.0 Å². The highest BCUT2D eigenvalue weighted by Gasteiger charge is 2.31. The normalized spacial score (nSPS) is 18.3. The van der Waals surface area contributed by atoms with E-state index in [1.807, 2.05) is 0 Å². The number of aliphatic carboxylic acids is 1. The van der Waals surface area contributed by atoms with Gasteiger partial charge in [0.1, 0.15) is 16.9 Å². The Morgan fingerprint density at radius 2 is 2.24 bits per heavy atom. The lowest BCUT2D eigenvalue weighted by Gasteiger charge is -2.30. The number of rotatable bonds is 3. The zero-order valence-corrected chi connectivity index (χ0v) is 11.6. The van der Waals surface area contributed by atoms with Crippen LogP contribution in [-0.4, -0.2) is 44.9 Å². The molecule has 2 heterocycles. The van der Waals surface area contributed by atoms with Gasteiger partial charge in [0.05, 0.1) is 10.8 Å². The van der Waals surface area contributed by atoms with E-state index in [2.05, 4.69) is 4.98 Å². The summed E-state index contributed by atoms with van der Waals surface area (Å²) in [6.45, 7) is 0.394. The van der Waals surface area contributed by atoms with Crippen molar-refractivity contribution < 1.29 is 19.6 Å². The van der Waals surface area contributed by atoms with E-state index in [0.717, 1.165) is 12.3 Å². The Morgan fingerprint density at radius 1 is 1.52 bits per heavy atom. The van der Waals surface area contributed by atoms with Crippen LogP contribution in [0.3, 0.4) is 0 Å². The van der Waals surface area contributed by atoms with Gasteiger partial charge in [-0.05, 0) is 18.9 Å². The van der Waals surface area contributed by atoms with Gasteiger partial charge in [0.25, 0.3) is 11.6 Å². The Balaban J connectivity index is 2.29. The molecule has 0 bridgehead atoms. The van der Waals surface area contributed by atoms with Crippen molar-refractivity contribution >= 4 is 29.2 Å². The van der Waals surface area contributed by atoms with Crippen LogP contribution < -0.4 is 0 Å². The van der Waals surface area contributed by atoms with Crippen molar-refractivity contribution in [3.63, 3.8) is 0 Å². The van der Waals surface area contributed by atoms with Gasteiger partial charge in [-0.2, -0.15) is 0 Å². The van der Waals surface area contributed by atoms with Gasteiger partial charge in [-0.25, -0.2) is 4.98 Å². The fourth-order valence-electron chi connectivity index (χ4n) is 2.27. The minimum atomic E-state index is -0.977. The molecule has 0 radical (unpaired) electrons. The van der Waals surface area contributed by atoms with Crippen LogP contribution in [0.5, 0.6) is 0 Å². The van der Waals surface area contributed by atoms with Crippen molar-refractivity contribution in [2.75, 3.05) is 13.1 Å². The van der Waals surface area contributed by atoms with Crippen LogP contribution in [0.1, 0.15) is 23.2 Å². The molecule has 21 heavy (non-hydrogen) atoms. The molecule has 8 nitrogen and oxygen atoms in total. The van der Waals surface area contributed by atoms with Gasteiger partial charge in [-0.15, -0.1) is 0 Å². The average molecular weight is 314 g/mol. The highest BCUT2D eigenvalue weighted by Crippen LogP contribution is 2.25. The zero-order chi connectivity index (χ0) is 15.6. The molecule has 9 heteroatoms. The number of piperidine rings is 1. The third kappa shape index (κ3) is 3.27. The number of nitrogens with zero attached hydrogens (tertiary/aromatic N) is 3. The molecule has 0 saturated carbocycles. The molecule has 1 aliphatic rings. The fraction of sp³-hybridized carbons (Fsp3) is 0.417. The predicted molar refractivity (Wildman–Crippen MR) is 72.2 cm³/mol. The molecular formula is C12H12ClN3O5. The number of hydrogen-bond acceptors (Lipinski definition) is 5. The number of carbonyl (C=O) groups excluding carboxylic acids is 1. The Bertz CT molecular complexity index is 607. The number of carboxylic acid groups (broad SMARTS) is 1. The smallest absolute Gasteiger partial charge is 0.308 e. The van der Waals surface area contributed by atoms with Gasteiger partial charge in [0, 0.05) is 13.1 Å². The highest BCUT2D eigenvalue weighted by atomic mass is 35.5. The number of hydrogen-bond donors (Lipinski definition) is 1. The monoisotopic (exact) mass is 313 g/mol. The van der Waals surface area contributed by atoms with E-state index in [4.69, 9.17) is 16.7 Å². The molecule has 1 N–H and O–H groups in total. The lowest BCUT2D eigenvalue weighted by Crippen LogP contribution is -2.42. The summed E-state index contributed by atoms with van der Waals surface area (Å²) in [6.07, 6.45) is 1.95. The first-order valence-corrected chi connectivity index (χ1v) is 6.60. The third-order valence-electron chi connectivity index (χ3n) is 3.33. The van der Waals surface area contributed by atoms with E-state index in [9.17, 15) is 19.7 Å². The number of carbonyl (C=O) groups is 2. The number of pyridine rings is 1. The molecule has 1 fully saturated rings. The van der Waals surface area contributed by atoms with Gasteiger partial charge in [0.2, 0.25) is 0 Å². The predicted octanol–water partition coefficient (Wildman–Crippen LogP) is 1.58. The Kier molecular flexibility index (Phi) is 4.37. The van der Waals surface area contributed by atoms with Crippen molar-refractivity contribution in [2.24, 2.45) is 5.92 Å². The molecule has 0 aromatic carbocycles. The molecule has 0 aliphatic carbocycles. The molecule has 1 atom stereocenters.